The average molecular weight is 276 g/mol. The van der Waals surface area contributed by atoms with E-state index in [1.54, 1.807) is 5.01 Å². The van der Waals surface area contributed by atoms with Crippen LogP contribution in [-0.2, 0) is 4.74 Å². The highest BCUT2D eigenvalue weighted by molar-refractivity contribution is 5.94. The molecule has 110 valence electrons. The largest absolute Gasteiger partial charge is 0.357 e. The Morgan fingerprint density at radius 3 is 2.70 bits per heavy atom. The average Bonchev–Trinajstić information content (AvgIpc) is 2.81. The molecule has 1 N–H and O–H groups in total. The molecular formula is C16H24N2O2. The number of hydrogen-bond donors (Lipinski definition) is 1. The van der Waals surface area contributed by atoms with E-state index in [9.17, 15) is 4.79 Å². The minimum Gasteiger partial charge on any atom is -0.357 e. The number of nitrogens with zero attached hydrogens (tertiary/aromatic N) is 1. The molecule has 2 rings (SSSR count). The fraction of sp³-hybridized carbons (Fsp3) is 0.562. The first kappa shape index (κ1) is 15.0. The highest BCUT2D eigenvalue weighted by Crippen LogP contribution is 2.22. The third-order valence-electron chi connectivity index (χ3n) is 3.45. The van der Waals surface area contributed by atoms with Crippen molar-refractivity contribution in [1.29, 1.82) is 0 Å². The second kappa shape index (κ2) is 6.86. The van der Waals surface area contributed by atoms with Crippen LogP contribution in [0.1, 0.15) is 44.0 Å². The van der Waals surface area contributed by atoms with Gasteiger partial charge >= 0.3 is 0 Å². The van der Waals surface area contributed by atoms with Crippen molar-refractivity contribution in [3.63, 3.8) is 0 Å². The van der Waals surface area contributed by atoms with Crippen molar-refractivity contribution < 1.29 is 9.53 Å². The van der Waals surface area contributed by atoms with Gasteiger partial charge in [-0.15, -0.1) is 0 Å². The number of benzene rings is 1. The highest BCUT2D eigenvalue weighted by Gasteiger charge is 2.36. The lowest BCUT2D eigenvalue weighted by Crippen LogP contribution is -2.45. The number of rotatable bonds is 5. The Hall–Kier alpha value is -1.39. The number of carbonyl (C=O) groups excluding carboxylic acids is 1. The molecule has 4 nitrogen and oxygen atoms in total. The summed E-state index contributed by atoms with van der Waals surface area (Å²) in [5.74, 6) is 0.580. The van der Waals surface area contributed by atoms with Crippen LogP contribution in [0.4, 0.5) is 0 Å². The van der Waals surface area contributed by atoms with E-state index < -0.39 is 0 Å². The Balaban J connectivity index is 2.09. The van der Waals surface area contributed by atoms with Crippen LogP contribution in [0, 0.1) is 5.92 Å². The van der Waals surface area contributed by atoms with Gasteiger partial charge < -0.3 is 4.74 Å². The van der Waals surface area contributed by atoms with Crippen molar-refractivity contribution in [3.05, 3.63) is 35.9 Å². The van der Waals surface area contributed by atoms with Gasteiger partial charge in [0.05, 0.1) is 0 Å². The van der Waals surface area contributed by atoms with Crippen LogP contribution in [0.2, 0.25) is 0 Å². The molecule has 0 aliphatic carbocycles. The van der Waals surface area contributed by atoms with Crippen LogP contribution in [-0.4, -0.2) is 29.8 Å². The normalized spacial score (nSPS) is 22.5. The second-order valence-electron chi connectivity index (χ2n) is 5.64. The summed E-state index contributed by atoms with van der Waals surface area (Å²) in [4.78, 5) is 12.5. The van der Waals surface area contributed by atoms with E-state index in [1.165, 1.54) is 0 Å². The third-order valence-corrected chi connectivity index (χ3v) is 3.45. The molecule has 0 unspecified atom stereocenters. The van der Waals surface area contributed by atoms with Crippen LogP contribution >= 0.6 is 0 Å². The lowest BCUT2D eigenvalue weighted by atomic mass is 10.0. The lowest BCUT2D eigenvalue weighted by molar-refractivity contribution is -0.0331. The van der Waals surface area contributed by atoms with Gasteiger partial charge in [-0.05, 0) is 31.4 Å². The van der Waals surface area contributed by atoms with E-state index in [1.807, 2.05) is 37.3 Å². The van der Waals surface area contributed by atoms with Crippen molar-refractivity contribution in [2.24, 2.45) is 5.92 Å². The fourth-order valence-electron chi connectivity index (χ4n) is 2.64. The molecular weight excluding hydrogens is 252 g/mol. The van der Waals surface area contributed by atoms with Crippen LogP contribution in [0.5, 0.6) is 0 Å². The quantitative estimate of drug-likeness (QED) is 0.899. The Bertz CT molecular complexity index is 433. The maximum atomic E-state index is 12.5. The molecule has 1 fully saturated rings. The zero-order valence-electron chi connectivity index (χ0n) is 12.5. The zero-order valence-corrected chi connectivity index (χ0v) is 12.5. The summed E-state index contributed by atoms with van der Waals surface area (Å²) < 4.78 is 5.71. The number of carbonyl (C=O) groups is 1. The SMILES string of the molecule is CCO[C@H]1C[C@@H](CC(C)C)NN1C(=O)c1ccccc1. The van der Waals surface area contributed by atoms with E-state index in [2.05, 4.69) is 19.3 Å². The van der Waals surface area contributed by atoms with E-state index in [0.717, 1.165) is 12.8 Å². The van der Waals surface area contributed by atoms with Gasteiger partial charge in [-0.2, -0.15) is 0 Å². The summed E-state index contributed by atoms with van der Waals surface area (Å²) in [7, 11) is 0. The molecule has 0 aromatic heterocycles. The van der Waals surface area contributed by atoms with Gasteiger partial charge in [0, 0.05) is 24.6 Å². The summed E-state index contributed by atoms with van der Waals surface area (Å²) in [5.41, 5.74) is 4.00. The Kier molecular flexibility index (Phi) is 5.15. The number of nitrogens with one attached hydrogen (secondary N) is 1. The van der Waals surface area contributed by atoms with E-state index in [4.69, 9.17) is 4.74 Å². The third kappa shape index (κ3) is 3.58. The van der Waals surface area contributed by atoms with Crippen molar-refractivity contribution in [1.82, 2.24) is 10.4 Å². The molecule has 2 atom stereocenters. The van der Waals surface area contributed by atoms with E-state index in [-0.39, 0.29) is 12.1 Å². The van der Waals surface area contributed by atoms with E-state index >= 15 is 0 Å². The van der Waals surface area contributed by atoms with Gasteiger partial charge in [0.2, 0.25) is 0 Å². The first-order chi connectivity index (χ1) is 9.61. The molecule has 1 aromatic rings. The van der Waals surface area contributed by atoms with Crippen molar-refractivity contribution in [2.75, 3.05) is 6.61 Å². The van der Waals surface area contributed by atoms with E-state index in [0.29, 0.717) is 24.1 Å². The Labute approximate surface area is 121 Å². The molecule has 0 radical (unpaired) electrons. The topological polar surface area (TPSA) is 41.6 Å². The van der Waals surface area contributed by atoms with Crippen molar-refractivity contribution in [3.8, 4) is 0 Å². The van der Waals surface area contributed by atoms with Crippen LogP contribution in [0.15, 0.2) is 30.3 Å². The second-order valence-corrected chi connectivity index (χ2v) is 5.64. The molecule has 1 aliphatic heterocycles. The maximum Gasteiger partial charge on any atom is 0.270 e. The number of hydrogen-bond acceptors (Lipinski definition) is 3. The Morgan fingerprint density at radius 2 is 2.10 bits per heavy atom. The lowest BCUT2D eigenvalue weighted by Gasteiger charge is -2.24. The molecule has 0 saturated carbocycles. The number of ether oxygens (including phenoxy) is 1. The van der Waals surface area contributed by atoms with Crippen LogP contribution < -0.4 is 5.43 Å². The summed E-state index contributed by atoms with van der Waals surface area (Å²) >= 11 is 0. The molecule has 1 aliphatic rings. The molecule has 1 heterocycles. The van der Waals surface area contributed by atoms with Gasteiger partial charge in [0.1, 0.15) is 6.23 Å². The summed E-state index contributed by atoms with van der Waals surface area (Å²) in [5, 5.41) is 1.66. The van der Waals surface area contributed by atoms with Gasteiger partial charge in [0.25, 0.3) is 5.91 Å². The highest BCUT2D eigenvalue weighted by atomic mass is 16.5. The minimum atomic E-state index is -0.170. The van der Waals surface area contributed by atoms with Gasteiger partial charge in [0.15, 0.2) is 0 Å². The molecule has 20 heavy (non-hydrogen) atoms. The summed E-state index contributed by atoms with van der Waals surface area (Å²) in [6.45, 7) is 6.96. The summed E-state index contributed by atoms with van der Waals surface area (Å²) in [6.07, 6.45) is 1.73. The first-order valence-corrected chi connectivity index (χ1v) is 7.38. The number of hydrazine groups is 1. The molecule has 0 bridgehead atoms. The molecule has 1 aromatic carbocycles. The summed E-state index contributed by atoms with van der Waals surface area (Å²) in [6, 6.07) is 9.65. The van der Waals surface area contributed by atoms with Gasteiger partial charge in [-0.1, -0.05) is 32.0 Å². The minimum absolute atomic E-state index is 0.0182. The Morgan fingerprint density at radius 1 is 1.40 bits per heavy atom. The molecule has 4 heteroatoms. The van der Waals surface area contributed by atoms with Crippen molar-refractivity contribution >= 4 is 5.91 Å². The van der Waals surface area contributed by atoms with Gasteiger partial charge in [-0.25, -0.2) is 10.4 Å². The first-order valence-electron chi connectivity index (χ1n) is 7.38. The number of amides is 1. The molecule has 1 saturated heterocycles. The zero-order chi connectivity index (χ0) is 14.5. The van der Waals surface area contributed by atoms with Crippen LogP contribution in [0.25, 0.3) is 0 Å². The smallest absolute Gasteiger partial charge is 0.270 e. The fourth-order valence-corrected chi connectivity index (χ4v) is 2.64. The predicted octanol–water partition coefficient (Wildman–Crippen LogP) is 2.81. The van der Waals surface area contributed by atoms with Crippen molar-refractivity contribution in [2.45, 2.75) is 45.9 Å². The van der Waals surface area contributed by atoms with Gasteiger partial charge in [-0.3, -0.25) is 4.79 Å². The predicted molar refractivity (Wildman–Crippen MR) is 79.0 cm³/mol. The monoisotopic (exact) mass is 276 g/mol. The molecule has 1 amide bonds. The standard InChI is InChI=1S/C16H24N2O2/c1-4-20-15-11-14(10-12(2)3)17-18(15)16(19)13-8-6-5-7-9-13/h5-9,12,14-15,17H,4,10-11H2,1-3H3/t14-,15+/m1/s1. The maximum absolute atomic E-state index is 12.5. The van der Waals surface area contributed by atoms with Crippen LogP contribution in [0.3, 0.4) is 0 Å². The molecule has 0 spiro atoms.